The highest BCUT2D eigenvalue weighted by Gasteiger charge is 2.21. The molecule has 4 bridgehead atoms. The van der Waals surface area contributed by atoms with Crippen LogP contribution in [0, 0.1) is 11.6 Å². The molecule has 1 unspecified atom stereocenters. The summed E-state index contributed by atoms with van der Waals surface area (Å²) in [6.45, 7) is -0.126. The number of esters is 1. The molecule has 3 aromatic carbocycles. The number of phenolic OH excluding ortho intramolecular Hbond substituents is 1. The van der Waals surface area contributed by atoms with Crippen molar-refractivity contribution in [1.82, 2.24) is 0 Å². The lowest BCUT2D eigenvalue weighted by molar-refractivity contribution is -0.144. The Bertz CT molecular complexity index is 1200. The van der Waals surface area contributed by atoms with Crippen LogP contribution in [0.4, 0.5) is 14.5 Å². The molecule has 0 aliphatic carbocycles. The van der Waals surface area contributed by atoms with E-state index in [1.807, 2.05) is 0 Å². The summed E-state index contributed by atoms with van der Waals surface area (Å²) in [5, 5.41) is 10.1. The summed E-state index contributed by atoms with van der Waals surface area (Å²) in [6.07, 6.45) is -0.194. The highest BCUT2D eigenvalue weighted by Crippen LogP contribution is 2.35. The number of cyclic esters (lactones) is 1. The van der Waals surface area contributed by atoms with Gasteiger partial charge in [-0.2, -0.15) is 0 Å². The molecule has 9 heteroatoms. The van der Waals surface area contributed by atoms with Crippen LogP contribution in [0.25, 0.3) is 11.1 Å². The van der Waals surface area contributed by atoms with E-state index in [9.17, 15) is 22.9 Å². The molecule has 1 aliphatic heterocycles. The predicted octanol–water partition coefficient (Wildman–Crippen LogP) is 4.72. The Morgan fingerprint density at radius 3 is 2.63 bits per heavy atom. The lowest BCUT2D eigenvalue weighted by Gasteiger charge is -2.16. The van der Waals surface area contributed by atoms with Crippen LogP contribution in [0.5, 0.6) is 5.75 Å². The molecule has 0 saturated heterocycles. The molecule has 0 fully saturated rings. The first kappa shape index (κ1) is 20.3. The number of ether oxygens (including phenoxy) is 1. The number of hydrogen-bond donors (Lipinski definition) is 2. The van der Waals surface area contributed by atoms with Crippen molar-refractivity contribution in [2.24, 2.45) is 0 Å². The number of benzene rings is 3. The highest BCUT2D eigenvalue weighted by atomic mass is 35.5. The lowest BCUT2D eigenvalue weighted by Crippen LogP contribution is -2.12. The number of hydrogen-bond acceptors (Lipinski definition) is 4. The van der Waals surface area contributed by atoms with Crippen molar-refractivity contribution in [3.05, 3.63) is 76.3 Å². The molecule has 2 N–H and O–H groups in total. The summed E-state index contributed by atoms with van der Waals surface area (Å²) in [5.74, 6) is -2.85. The number of rotatable bonds is 0. The number of phenols is 1. The van der Waals surface area contributed by atoms with Gasteiger partial charge in [-0.05, 0) is 34.9 Å². The van der Waals surface area contributed by atoms with Gasteiger partial charge in [0.15, 0.2) is 16.7 Å². The average molecular weight is 450 g/mol. The van der Waals surface area contributed by atoms with Gasteiger partial charge in [-0.15, -0.1) is 0 Å². The van der Waals surface area contributed by atoms with Crippen molar-refractivity contribution in [3.8, 4) is 16.9 Å². The van der Waals surface area contributed by atoms with Gasteiger partial charge in [0.05, 0.1) is 17.1 Å². The Morgan fingerprint density at radius 1 is 1.07 bits per heavy atom. The van der Waals surface area contributed by atoms with E-state index in [4.69, 9.17) is 16.3 Å². The number of carbonyl (C=O) groups excluding carboxylic acids is 1. The van der Waals surface area contributed by atoms with Crippen molar-refractivity contribution >= 4 is 34.2 Å². The summed E-state index contributed by atoms with van der Waals surface area (Å²) < 4.78 is 49.5. The molecular formula is C21H14ClF2NO4S. The van der Waals surface area contributed by atoms with E-state index in [-0.39, 0.29) is 34.2 Å². The Balaban J connectivity index is 1.91. The van der Waals surface area contributed by atoms with Gasteiger partial charge >= 0.3 is 5.97 Å². The predicted molar refractivity (Wildman–Crippen MR) is 108 cm³/mol. The van der Waals surface area contributed by atoms with Gasteiger partial charge < -0.3 is 9.84 Å². The van der Waals surface area contributed by atoms with E-state index in [1.165, 1.54) is 18.2 Å². The van der Waals surface area contributed by atoms with Crippen LogP contribution < -0.4 is 4.72 Å². The SMILES string of the molecule is O=C1Cc2cc(Cl)c(O)c(c2)S(=O)Nc2cc(c(F)cc2F)-c2ccccc2CO1. The number of halogens is 3. The zero-order chi connectivity index (χ0) is 21.4. The fraction of sp³-hybridized carbons (Fsp3) is 0.0952. The topological polar surface area (TPSA) is 75.6 Å². The second-order valence-corrected chi connectivity index (χ2v) is 8.19. The zero-order valence-electron chi connectivity index (χ0n) is 15.2. The maximum absolute atomic E-state index is 14.6. The smallest absolute Gasteiger partial charge is 0.310 e. The average Bonchev–Trinajstić information content (AvgIpc) is 2.70. The molecule has 0 saturated carbocycles. The maximum Gasteiger partial charge on any atom is 0.310 e. The van der Waals surface area contributed by atoms with Crippen molar-refractivity contribution in [3.63, 3.8) is 0 Å². The van der Waals surface area contributed by atoms with Crippen molar-refractivity contribution in [2.75, 3.05) is 4.72 Å². The number of carbonyl (C=O) groups is 1. The van der Waals surface area contributed by atoms with Gasteiger partial charge in [0.2, 0.25) is 0 Å². The summed E-state index contributed by atoms with van der Waals surface area (Å²) in [5.41, 5.74) is 1.09. The first-order valence-corrected chi connectivity index (χ1v) is 10.3. The minimum absolute atomic E-state index is 0.0376. The maximum atomic E-state index is 14.6. The lowest BCUT2D eigenvalue weighted by atomic mass is 9.99. The molecule has 4 rings (SSSR count). The zero-order valence-corrected chi connectivity index (χ0v) is 16.8. The number of aromatic hydroxyl groups is 1. The summed E-state index contributed by atoms with van der Waals surface area (Å²) in [6, 6.07) is 11.2. The van der Waals surface area contributed by atoms with Crippen LogP contribution in [0.3, 0.4) is 0 Å². The van der Waals surface area contributed by atoms with E-state index in [1.54, 1.807) is 24.3 Å². The first-order valence-electron chi connectivity index (χ1n) is 8.76. The molecular weight excluding hydrogens is 436 g/mol. The van der Waals surface area contributed by atoms with E-state index < -0.39 is 34.3 Å². The Kier molecular flexibility index (Phi) is 5.44. The third-order valence-corrected chi connectivity index (χ3v) is 6.00. The van der Waals surface area contributed by atoms with Gasteiger partial charge in [0.1, 0.15) is 23.1 Å². The summed E-state index contributed by atoms with van der Waals surface area (Å²) in [7, 11) is -2.15. The largest absolute Gasteiger partial charge is 0.505 e. The molecule has 1 heterocycles. The third-order valence-electron chi connectivity index (χ3n) is 4.59. The summed E-state index contributed by atoms with van der Waals surface area (Å²) >= 11 is 5.99. The van der Waals surface area contributed by atoms with E-state index in [0.717, 1.165) is 0 Å². The van der Waals surface area contributed by atoms with E-state index in [0.29, 0.717) is 22.8 Å². The van der Waals surface area contributed by atoms with E-state index in [2.05, 4.69) is 4.72 Å². The van der Waals surface area contributed by atoms with Gasteiger partial charge in [0.25, 0.3) is 0 Å². The van der Waals surface area contributed by atoms with Crippen molar-refractivity contribution in [2.45, 2.75) is 17.9 Å². The van der Waals surface area contributed by atoms with Crippen molar-refractivity contribution in [1.29, 1.82) is 0 Å². The third kappa shape index (κ3) is 3.88. The van der Waals surface area contributed by atoms with Crippen LogP contribution >= 0.6 is 11.6 Å². The Hall–Kier alpha value is -2.97. The molecule has 1 atom stereocenters. The number of anilines is 1. The molecule has 0 spiro atoms. The summed E-state index contributed by atoms with van der Waals surface area (Å²) in [4.78, 5) is 12.1. The number of fused-ring (bicyclic) bond motifs is 6. The standard InChI is InChI=1S/C21H14ClF2NO4S/c22-15-5-11-6-19(21(15)27)30(28)25-18-8-14(16(23)9-17(18)24)13-4-2-1-3-12(13)10-29-20(26)7-11/h1-6,8-9,25,27H,7,10H2. The van der Waals surface area contributed by atoms with E-state index >= 15 is 0 Å². The minimum Gasteiger partial charge on any atom is -0.505 e. The monoisotopic (exact) mass is 449 g/mol. The fourth-order valence-corrected chi connectivity index (χ4v) is 4.45. The Labute approximate surface area is 177 Å². The molecule has 3 aromatic rings. The van der Waals surface area contributed by atoms with Gasteiger partial charge in [-0.25, -0.2) is 13.0 Å². The van der Waals surface area contributed by atoms with Crippen LogP contribution in [0.2, 0.25) is 5.02 Å². The molecule has 0 aromatic heterocycles. The molecule has 0 amide bonds. The second kappa shape index (κ2) is 8.04. The van der Waals surface area contributed by atoms with Crippen LogP contribution in [0.15, 0.2) is 53.4 Å². The normalized spacial score (nSPS) is 16.1. The molecule has 5 nitrogen and oxygen atoms in total. The number of nitrogens with one attached hydrogen (secondary N) is 1. The molecule has 0 radical (unpaired) electrons. The highest BCUT2D eigenvalue weighted by molar-refractivity contribution is 7.86. The fourth-order valence-electron chi connectivity index (χ4n) is 3.14. The van der Waals surface area contributed by atoms with Gasteiger partial charge in [0, 0.05) is 11.6 Å². The van der Waals surface area contributed by atoms with Crippen LogP contribution in [0.1, 0.15) is 11.1 Å². The molecule has 154 valence electrons. The quantitative estimate of drug-likeness (QED) is 0.487. The Morgan fingerprint density at radius 2 is 1.83 bits per heavy atom. The first-order chi connectivity index (χ1) is 14.3. The second-order valence-electron chi connectivity index (χ2n) is 6.60. The van der Waals surface area contributed by atoms with Gasteiger partial charge in [-0.1, -0.05) is 35.9 Å². The van der Waals surface area contributed by atoms with Gasteiger partial charge in [-0.3, -0.25) is 9.52 Å². The van der Waals surface area contributed by atoms with Crippen LogP contribution in [-0.2, 0) is 33.5 Å². The minimum atomic E-state index is -2.15. The van der Waals surface area contributed by atoms with Crippen molar-refractivity contribution < 1.29 is 27.6 Å². The van der Waals surface area contributed by atoms with Crippen LogP contribution in [-0.4, -0.2) is 15.3 Å². The molecule has 30 heavy (non-hydrogen) atoms. The molecule has 1 aliphatic rings.